The summed E-state index contributed by atoms with van der Waals surface area (Å²) in [4.78, 5) is 15.1. The molecule has 1 fully saturated rings. The van der Waals surface area contributed by atoms with E-state index in [1.165, 1.54) is 0 Å². The summed E-state index contributed by atoms with van der Waals surface area (Å²) in [6, 6.07) is 5.35. The Hall–Kier alpha value is -1.83. The summed E-state index contributed by atoms with van der Waals surface area (Å²) < 4.78 is 16.2. The number of methoxy groups -OCH3 is 2. The maximum absolute atomic E-state index is 13.2. The Morgan fingerprint density at radius 2 is 1.96 bits per heavy atom. The molecule has 1 amide bonds. The van der Waals surface area contributed by atoms with E-state index >= 15 is 0 Å². The molecule has 0 radical (unpaired) electrons. The molecule has 0 aromatic heterocycles. The summed E-state index contributed by atoms with van der Waals surface area (Å²) in [6.45, 7) is 7.50. The number of rotatable bonds is 11. The van der Waals surface area contributed by atoms with Gasteiger partial charge in [-0.3, -0.25) is 4.79 Å². The summed E-state index contributed by atoms with van der Waals surface area (Å²) >= 11 is 0. The summed E-state index contributed by atoms with van der Waals surface area (Å²) in [7, 11) is 3.24. The number of ether oxygens (including phenoxy) is 3. The van der Waals surface area contributed by atoms with Gasteiger partial charge in [-0.05, 0) is 38.0 Å². The zero-order valence-corrected chi connectivity index (χ0v) is 17.4. The third-order valence-electron chi connectivity index (χ3n) is 5.19. The van der Waals surface area contributed by atoms with Crippen molar-refractivity contribution in [1.82, 2.24) is 10.2 Å². The lowest BCUT2D eigenvalue weighted by molar-refractivity contribution is 0.0643. The third kappa shape index (κ3) is 5.83. The lowest BCUT2D eigenvalue weighted by Crippen LogP contribution is -2.42. The molecule has 7 nitrogen and oxygen atoms in total. The van der Waals surface area contributed by atoms with Crippen molar-refractivity contribution in [3.05, 3.63) is 23.8 Å². The fraction of sp³-hybridized carbons (Fsp3) is 0.667. The molecule has 2 N–H and O–H groups in total. The molecule has 28 heavy (non-hydrogen) atoms. The van der Waals surface area contributed by atoms with Crippen molar-refractivity contribution in [2.24, 2.45) is 11.8 Å². The molecule has 1 aromatic rings. The largest absolute Gasteiger partial charge is 0.493 e. The van der Waals surface area contributed by atoms with Crippen LogP contribution in [0.25, 0.3) is 0 Å². The summed E-state index contributed by atoms with van der Waals surface area (Å²) in [5.74, 6) is 1.56. The Morgan fingerprint density at radius 3 is 2.61 bits per heavy atom. The van der Waals surface area contributed by atoms with E-state index in [-0.39, 0.29) is 30.4 Å². The molecule has 1 aromatic carbocycles. The van der Waals surface area contributed by atoms with Gasteiger partial charge in [0.05, 0.1) is 13.7 Å². The summed E-state index contributed by atoms with van der Waals surface area (Å²) in [5, 5.41) is 12.9. The Labute approximate surface area is 168 Å². The van der Waals surface area contributed by atoms with Crippen LogP contribution in [0.3, 0.4) is 0 Å². The van der Waals surface area contributed by atoms with Crippen molar-refractivity contribution in [2.45, 2.75) is 26.3 Å². The van der Waals surface area contributed by atoms with Crippen LogP contribution in [0.2, 0.25) is 0 Å². The van der Waals surface area contributed by atoms with Crippen LogP contribution >= 0.6 is 0 Å². The SMILES string of the molecule is COCCCOc1cc(C(=O)N(C[C@@H]2CNC[C@@H]2CO)C(C)C)ccc1OC. The smallest absolute Gasteiger partial charge is 0.254 e. The van der Waals surface area contributed by atoms with Gasteiger partial charge in [0.25, 0.3) is 5.91 Å². The quantitative estimate of drug-likeness (QED) is 0.557. The second kappa shape index (κ2) is 11.2. The van der Waals surface area contributed by atoms with Crippen molar-refractivity contribution in [2.75, 3.05) is 53.7 Å². The maximum Gasteiger partial charge on any atom is 0.254 e. The Kier molecular flexibility index (Phi) is 9.02. The molecule has 1 saturated heterocycles. The molecule has 0 bridgehead atoms. The normalized spacial score (nSPS) is 19.1. The van der Waals surface area contributed by atoms with Gasteiger partial charge in [0.1, 0.15) is 0 Å². The highest BCUT2D eigenvalue weighted by Gasteiger charge is 2.31. The van der Waals surface area contributed by atoms with Gasteiger partial charge in [0.2, 0.25) is 0 Å². The first kappa shape index (κ1) is 22.5. The molecule has 0 aliphatic carbocycles. The van der Waals surface area contributed by atoms with Gasteiger partial charge in [-0.1, -0.05) is 0 Å². The molecule has 2 atom stereocenters. The minimum Gasteiger partial charge on any atom is -0.493 e. The molecular weight excluding hydrogens is 360 g/mol. The van der Waals surface area contributed by atoms with Crippen LogP contribution in [-0.4, -0.2) is 75.6 Å². The lowest BCUT2D eigenvalue weighted by atomic mass is 9.95. The van der Waals surface area contributed by atoms with Gasteiger partial charge >= 0.3 is 0 Å². The van der Waals surface area contributed by atoms with Crippen LogP contribution in [0.5, 0.6) is 11.5 Å². The van der Waals surface area contributed by atoms with Crippen molar-refractivity contribution < 1.29 is 24.1 Å². The first-order valence-corrected chi connectivity index (χ1v) is 9.94. The number of hydrogen-bond donors (Lipinski definition) is 2. The average molecular weight is 395 g/mol. The lowest BCUT2D eigenvalue weighted by Gasteiger charge is -2.31. The second-order valence-electron chi connectivity index (χ2n) is 7.47. The third-order valence-corrected chi connectivity index (χ3v) is 5.19. The average Bonchev–Trinajstić information content (AvgIpc) is 3.15. The number of nitrogens with one attached hydrogen (secondary N) is 1. The minimum atomic E-state index is -0.0389. The number of nitrogens with zero attached hydrogens (tertiary/aromatic N) is 1. The van der Waals surface area contributed by atoms with Crippen LogP contribution in [-0.2, 0) is 4.74 Å². The summed E-state index contributed by atoms with van der Waals surface area (Å²) in [6.07, 6.45) is 0.757. The van der Waals surface area contributed by atoms with Crippen LogP contribution < -0.4 is 14.8 Å². The molecule has 158 valence electrons. The molecule has 1 heterocycles. The molecule has 1 aliphatic rings. The van der Waals surface area contributed by atoms with E-state index in [1.807, 2.05) is 18.7 Å². The van der Waals surface area contributed by atoms with E-state index in [2.05, 4.69) is 5.32 Å². The molecule has 2 rings (SSSR count). The van der Waals surface area contributed by atoms with E-state index < -0.39 is 0 Å². The number of aliphatic hydroxyl groups excluding tert-OH is 1. The Bertz CT molecular complexity index is 623. The molecule has 0 saturated carbocycles. The summed E-state index contributed by atoms with van der Waals surface area (Å²) in [5.41, 5.74) is 0.572. The first-order chi connectivity index (χ1) is 13.5. The maximum atomic E-state index is 13.2. The standard InChI is InChI=1S/C21H34N2O5/c1-15(2)23(13-17-11-22-12-18(17)14-24)21(25)16-6-7-19(27-4)20(10-16)28-9-5-8-26-3/h6-7,10,15,17-18,22,24H,5,8-9,11-14H2,1-4H3/t17-,18+/m0/s1. The van der Waals surface area contributed by atoms with Gasteiger partial charge in [0.15, 0.2) is 11.5 Å². The number of benzene rings is 1. The topological polar surface area (TPSA) is 80.3 Å². The number of aliphatic hydroxyl groups is 1. The molecular formula is C21H34N2O5. The number of hydrogen-bond acceptors (Lipinski definition) is 6. The fourth-order valence-electron chi connectivity index (χ4n) is 3.47. The van der Waals surface area contributed by atoms with Crippen LogP contribution in [0.15, 0.2) is 18.2 Å². The van der Waals surface area contributed by atoms with Gasteiger partial charge in [-0.2, -0.15) is 0 Å². The zero-order chi connectivity index (χ0) is 20.5. The van der Waals surface area contributed by atoms with Gasteiger partial charge in [-0.25, -0.2) is 0 Å². The fourth-order valence-corrected chi connectivity index (χ4v) is 3.47. The molecule has 0 unspecified atom stereocenters. The van der Waals surface area contributed by atoms with E-state index in [0.29, 0.717) is 36.8 Å². The second-order valence-corrected chi connectivity index (χ2v) is 7.47. The van der Waals surface area contributed by atoms with E-state index in [0.717, 1.165) is 19.5 Å². The highest BCUT2D eigenvalue weighted by molar-refractivity contribution is 5.95. The van der Waals surface area contributed by atoms with E-state index in [4.69, 9.17) is 14.2 Å². The van der Waals surface area contributed by atoms with Crippen LogP contribution in [0.1, 0.15) is 30.6 Å². The monoisotopic (exact) mass is 394 g/mol. The van der Waals surface area contributed by atoms with Gasteiger partial charge in [0, 0.05) is 63.9 Å². The van der Waals surface area contributed by atoms with Gasteiger partial charge in [-0.15, -0.1) is 0 Å². The highest BCUT2D eigenvalue weighted by atomic mass is 16.5. The number of amides is 1. The van der Waals surface area contributed by atoms with Crippen molar-refractivity contribution in [1.29, 1.82) is 0 Å². The van der Waals surface area contributed by atoms with E-state index in [9.17, 15) is 9.90 Å². The minimum absolute atomic E-state index is 0.0389. The Morgan fingerprint density at radius 1 is 1.21 bits per heavy atom. The molecule has 1 aliphatic heterocycles. The predicted octanol–water partition coefficient (Wildman–Crippen LogP) is 1.79. The number of carbonyl (C=O) groups excluding carboxylic acids is 1. The van der Waals surface area contributed by atoms with E-state index in [1.54, 1.807) is 32.4 Å². The van der Waals surface area contributed by atoms with Crippen LogP contribution in [0, 0.1) is 11.8 Å². The molecule has 0 spiro atoms. The Balaban J connectivity index is 2.14. The highest BCUT2D eigenvalue weighted by Crippen LogP contribution is 2.29. The van der Waals surface area contributed by atoms with Crippen molar-refractivity contribution in [3.8, 4) is 11.5 Å². The first-order valence-electron chi connectivity index (χ1n) is 9.94. The van der Waals surface area contributed by atoms with Gasteiger partial charge < -0.3 is 29.5 Å². The van der Waals surface area contributed by atoms with Crippen molar-refractivity contribution >= 4 is 5.91 Å². The van der Waals surface area contributed by atoms with Crippen molar-refractivity contribution in [3.63, 3.8) is 0 Å². The van der Waals surface area contributed by atoms with Crippen LogP contribution in [0.4, 0.5) is 0 Å². The number of carbonyl (C=O) groups is 1. The predicted molar refractivity (Wildman–Crippen MR) is 108 cm³/mol. The molecule has 7 heteroatoms. The zero-order valence-electron chi connectivity index (χ0n) is 17.4.